The SMILES string of the molecule is CCOc1cccc(NC(C)CC(C)O)c1[N+](=O)[O-]. The van der Waals surface area contributed by atoms with Crippen molar-refractivity contribution in [2.75, 3.05) is 11.9 Å². The van der Waals surface area contributed by atoms with Crippen LogP contribution in [0.4, 0.5) is 11.4 Å². The highest BCUT2D eigenvalue weighted by Crippen LogP contribution is 2.35. The maximum Gasteiger partial charge on any atom is 0.333 e. The molecule has 106 valence electrons. The number of anilines is 1. The Hall–Kier alpha value is -1.82. The molecule has 0 fully saturated rings. The standard InChI is InChI=1S/C13H20N2O4/c1-4-19-12-7-5-6-11(13(12)15(17)18)14-9(2)8-10(3)16/h5-7,9-10,14,16H,4,8H2,1-3H3. The summed E-state index contributed by atoms with van der Waals surface area (Å²) in [4.78, 5) is 10.7. The van der Waals surface area contributed by atoms with Gasteiger partial charge in [0.1, 0.15) is 5.69 Å². The number of aliphatic hydroxyl groups is 1. The van der Waals surface area contributed by atoms with Crippen molar-refractivity contribution in [1.29, 1.82) is 0 Å². The average Bonchev–Trinajstić information content (AvgIpc) is 2.27. The predicted octanol–water partition coefficient (Wildman–Crippen LogP) is 2.56. The van der Waals surface area contributed by atoms with Crippen molar-refractivity contribution in [2.24, 2.45) is 0 Å². The third kappa shape index (κ3) is 4.40. The lowest BCUT2D eigenvalue weighted by Gasteiger charge is -2.17. The number of para-hydroxylation sites is 1. The number of nitro benzene ring substituents is 1. The molecule has 2 unspecified atom stereocenters. The Labute approximate surface area is 112 Å². The summed E-state index contributed by atoms with van der Waals surface area (Å²) in [5, 5.41) is 23.5. The Morgan fingerprint density at radius 3 is 2.68 bits per heavy atom. The maximum atomic E-state index is 11.2. The van der Waals surface area contributed by atoms with E-state index in [0.717, 1.165) is 0 Å². The zero-order valence-electron chi connectivity index (χ0n) is 11.4. The van der Waals surface area contributed by atoms with E-state index >= 15 is 0 Å². The monoisotopic (exact) mass is 268 g/mol. The van der Waals surface area contributed by atoms with Crippen LogP contribution in [-0.2, 0) is 0 Å². The Kier molecular flexibility index (Phi) is 5.57. The Morgan fingerprint density at radius 1 is 1.47 bits per heavy atom. The first-order valence-corrected chi connectivity index (χ1v) is 6.30. The molecule has 6 heteroatoms. The summed E-state index contributed by atoms with van der Waals surface area (Å²) in [6, 6.07) is 4.84. The molecule has 2 atom stereocenters. The number of hydrogen-bond acceptors (Lipinski definition) is 5. The topological polar surface area (TPSA) is 84.6 Å². The maximum absolute atomic E-state index is 11.2. The summed E-state index contributed by atoms with van der Waals surface area (Å²) in [6.07, 6.45) is 0.0485. The largest absolute Gasteiger partial charge is 0.487 e. The van der Waals surface area contributed by atoms with Gasteiger partial charge in [0.25, 0.3) is 0 Å². The second-order valence-electron chi connectivity index (χ2n) is 4.47. The summed E-state index contributed by atoms with van der Waals surface area (Å²) < 4.78 is 5.27. The van der Waals surface area contributed by atoms with Gasteiger partial charge in [0.15, 0.2) is 5.75 Å². The van der Waals surface area contributed by atoms with E-state index in [0.29, 0.717) is 18.7 Å². The number of aliphatic hydroxyl groups excluding tert-OH is 1. The number of nitro groups is 1. The second kappa shape index (κ2) is 6.94. The van der Waals surface area contributed by atoms with Gasteiger partial charge in [-0.15, -0.1) is 0 Å². The minimum atomic E-state index is -0.461. The van der Waals surface area contributed by atoms with Gasteiger partial charge in [0.2, 0.25) is 0 Å². The quantitative estimate of drug-likeness (QED) is 0.586. The summed E-state index contributed by atoms with van der Waals surface area (Å²) in [6.45, 7) is 5.69. The molecule has 0 bridgehead atoms. The van der Waals surface area contributed by atoms with Crippen LogP contribution in [0.3, 0.4) is 0 Å². The highest BCUT2D eigenvalue weighted by Gasteiger charge is 2.22. The van der Waals surface area contributed by atoms with Crippen molar-refractivity contribution in [1.82, 2.24) is 0 Å². The summed E-state index contributed by atoms with van der Waals surface area (Å²) in [5.74, 6) is 0.252. The third-order valence-electron chi connectivity index (χ3n) is 2.58. The van der Waals surface area contributed by atoms with Gasteiger partial charge in [0, 0.05) is 6.04 Å². The first-order valence-electron chi connectivity index (χ1n) is 6.30. The first-order chi connectivity index (χ1) is 8.95. The number of nitrogens with zero attached hydrogens (tertiary/aromatic N) is 1. The van der Waals surface area contributed by atoms with Crippen molar-refractivity contribution < 1.29 is 14.8 Å². The molecule has 0 amide bonds. The molecule has 0 spiro atoms. The molecule has 19 heavy (non-hydrogen) atoms. The van der Waals surface area contributed by atoms with Gasteiger partial charge >= 0.3 is 5.69 Å². The van der Waals surface area contributed by atoms with E-state index in [1.165, 1.54) is 0 Å². The number of hydrogen-bond donors (Lipinski definition) is 2. The highest BCUT2D eigenvalue weighted by atomic mass is 16.6. The van der Waals surface area contributed by atoms with Crippen LogP contribution in [0.1, 0.15) is 27.2 Å². The van der Waals surface area contributed by atoms with E-state index in [4.69, 9.17) is 4.74 Å². The van der Waals surface area contributed by atoms with E-state index in [1.807, 2.05) is 6.92 Å². The zero-order chi connectivity index (χ0) is 14.4. The van der Waals surface area contributed by atoms with Crippen LogP contribution in [0.2, 0.25) is 0 Å². The lowest BCUT2D eigenvalue weighted by molar-refractivity contribution is -0.385. The second-order valence-corrected chi connectivity index (χ2v) is 4.47. The average molecular weight is 268 g/mol. The van der Waals surface area contributed by atoms with Crippen LogP contribution in [0.25, 0.3) is 0 Å². The number of rotatable bonds is 7. The molecule has 0 aliphatic carbocycles. The van der Waals surface area contributed by atoms with E-state index in [-0.39, 0.29) is 17.5 Å². The minimum Gasteiger partial charge on any atom is -0.487 e. The number of benzene rings is 1. The molecular formula is C13H20N2O4. The van der Waals surface area contributed by atoms with Crippen LogP contribution in [0.15, 0.2) is 18.2 Å². The lowest BCUT2D eigenvalue weighted by atomic mass is 10.1. The Morgan fingerprint density at radius 2 is 2.16 bits per heavy atom. The molecule has 0 aliphatic heterocycles. The van der Waals surface area contributed by atoms with Crippen molar-refractivity contribution in [3.05, 3.63) is 28.3 Å². The Bertz CT molecular complexity index is 435. The van der Waals surface area contributed by atoms with Crippen molar-refractivity contribution in [3.63, 3.8) is 0 Å². The van der Waals surface area contributed by atoms with Crippen LogP contribution < -0.4 is 10.1 Å². The third-order valence-corrected chi connectivity index (χ3v) is 2.58. The van der Waals surface area contributed by atoms with Gasteiger partial charge in [0.05, 0.1) is 17.6 Å². The minimum absolute atomic E-state index is 0.0678. The first kappa shape index (κ1) is 15.2. The van der Waals surface area contributed by atoms with Gasteiger partial charge in [-0.05, 0) is 39.3 Å². The zero-order valence-corrected chi connectivity index (χ0v) is 11.4. The van der Waals surface area contributed by atoms with Gasteiger partial charge in [-0.25, -0.2) is 0 Å². The highest BCUT2D eigenvalue weighted by molar-refractivity contribution is 5.68. The van der Waals surface area contributed by atoms with Crippen molar-refractivity contribution >= 4 is 11.4 Å². The normalized spacial score (nSPS) is 13.7. The number of ether oxygens (including phenoxy) is 1. The van der Waals surface area contributed by atoms with E-state index in [1.54, 1.807) is 32.0 Å². The Balaban J connectivity index is 2.99. The molecule has 1 aromatic carbocycles. The summed E-state index contributed by atoms with van der Waals surface area (Å²) >= 11 is 0. The molecule has 6 nitrogen and oxygen atoms in total. The predicted molar refractivity (Wildman–Crippen MR) is 73.6 cm³/mol. The molecule has 0 radical (unpaired) electrons. The molecule has 0 aliphatic rings. The molecule has 0 aromatic heterocycles. The molecule has 1 rings (SSSR count). The fourth-order valence-corrected chi connectivity index (χ4v) is 1.94. The molecule has 0 saturated heterocycles. The molecule has 0 heterocycles. The number of nitrogens with one attached hydrogen (secondary N) is 1. The van der Waals surface area contributed by atoms with Crippen LogP contribution in [0.5, 0.6) is 5.75 Å². The van der Waals surface area contributed by atoms with E-state index < -0.39 is 11.0 Å². The van der Waals surface area contributed by atoms with E-state index in [2.05, 4.69) is 5.32 Å². The van der Waals surface area contributed by atoms with Gasteiger partial charge in [-0.1, -0.05) is 6.07 Å². The molecule has 1 aromatic rings. The lowest BCUT2D eigenvalue weighted by Crippen LogP contribution is -2.21. The smallest absolute Gasteiger partial charge is 0.333 e. The van der Waals surface area contributed by atoms with Gasteiger partial charge in [-0.3, -0.25) is 10.1 Å². The van der Waals surface area contributed by atoms with Gasteiger partial charge < -0.3 is 15.2 Å². The molecule has 2 N–H and O–H groups in total. The summed E-state index contributed by atoms with van der Waals surface area (Å²) in [7, 11) is 0. The van der Waals surface area contributed by atoms with E-state index in [9.17, 15) is 15.2 Å². The van der Waals surface area contributed by atoms with Crippen molar-refractivity contribution in [2.45, 2.75) is 39.3 Å². The van der Waals surface area contributed by atoms with Crippen LogP contribution in [-0.4, -0.2) is 28.8 Å². The molecule has 0 saturated carbocycles. The molecular weight excluding hydrogens is 248 g/mol. The fourth-order valence-electron chi connectivity index (χ4n) is 1.94. The van der Waals surface area contributed by atoms with Crippen molar-refractivity contribution in [3.8, 4) is 5.75 Å². The van der Waals surface area contributed by atoms with Crippen LogP contribution in [0, 0.1) is 10.1 Å². The fraction of sp³-hybridized carbons (Fsp3) is 0.538. The summed E-state index contributed by atoms with van der Waals surface area (Å²) in [5.41, 5.74) is 0.339. The van der Waals surface area contributed by atoms with Gasteiger partial charge in [-0.2, -0.15) is 0 Å². The van der Waals surface area contributed by atoms with Crippen LogP contribution >= 0.6 is 0 Å².